The molecule has 0 unspecified atom stereocenters. The summed E-state index contributed by atoms with van der Waals surface area (Å²) in [6, 6.07) is 3.07. The lowest BCUT2D eigenvalue weighted by molar-refractivity contribution is -0.141. The zero-order chi connectivity index (χ0) is 9.19. The van der Waals surface area contributed by atoms with Crippen molar-refractivity contribution in [2.75, 3.05) is 0 Å². The minimum absolute atomic E-state index is 0.287. The second kappa shape index (κ2) is 3.30. The molecule has 0 N–H and O–H groups in total. The predicted molar refractivity (Wildman–Crippen MR) is 36.2 cm³/mol. The first kappa shape index (κ1) is 9.31. The molecule has 1 aromatic rings. The van der Waals surface area contributed by atoms with Gasteiger partial charge in [-0.1, -0.05) is 6.07 Å². The van der Waals surface area contributed by atoms with Gasteiger partial charge in [0.25, 0.3) is 0 Å². The number of rotatable bonds is 1. The molecule has 1 rings (SSSR count). The Morgan fingerprint density at radius 2 is 1.92 bits per heavy atom. The Labute approximate surface area is 70.1 Å². The van der Waals surface area contributed by atoms with Crippen LogP contribution in [0.5, 0.6) is 0 Å². The average Bonchev–Trinajstić information content (AvgIpc) is 2.03. The third-order valence-corrected chi connectivity index (χ3v) is 1.48. The van der Waals surface area contributed by atoms with Gasteiger partial charge in [0, 0.05) is 0 Å². The Balaban J connectivity index is 3.02. The van der Waals surface area contributed by atoms with Gasteiger partial charge in [-0.2, -0.15) is 17.1 Å². The van der Waals surface area contributed by atoms with Gasteiger partial charge in [-0.05, 0) is 12.1 Å². The van der Waals surface area contributed by atoms with Gasteiger partial charge in [0.1, 0.15) is 22.9 Å². The summed E-state index contributed by atoms with van der Waals surface area (Å²) >= 11 is -0.312. The molecule has 66 valence electrons. The molecule has 1 aromatic heterocycles. The maximum Gasteiger partial charge on any atom is 0.433 e. The van der Waals surface area contributed by atoms with Crippen molar-refractivity contribution in [3.05, 3.63) is 23.9 Å². The Hall–Kier alpha value is -0.780. The van der Waals surface area contributed by atoms with E-state index in [1.54, 1.807) is 0 Å². The largest absolute Gasteiger partial charge is 0.433 e. The van der Waals surface area contributed by atoms with Crippen LogP contribution < -0.4 is 0 Å². The highest BCUT2D eigenvalue weighted by Gasteiger charge is 2.32. The second-order valence-corrected chi connectivity index (χ2v) is 2.51. The molecule has 0 radical (unpaired) electrons. The van der Waals surface area contributed by atoms with E-state index in [0.29, 0.717) is 0 Å². The van der Waals surface area contributed by atoms with Crippen LogP contribution in [0.15, 0.2) is 23.2 Å². The molecule has 6 heteroatoms. The smallest absolute Gasteiger partial charge is 0.234 e. The summed E-state index contributed by atoms with van der Waals surface area (Å²) in [4.78, 5) is 3.03. The summed E-state index contributed by atoms with van der Waals surface area (Å²) < 4.78 is 47.5. The molecule has 0 saturated heterocycles. The van der Waals surface area contributed by atoms with Gasteiger partial charge in [-0.25, -0.2) is 4.98 Å². The van der Waals surface area contributed by atoms with Crippen molar-refractivity contribution < 1.29 is 17.1 Å². The van der Waals surface area contributed by atoms with Gasteiger partial charge in [0.15, 0.2) is 0 Å². The van der Waals surface area contributed by atoms with Crippen LogP contribution in [0.3, 0.4) is 0 Å². The molecule has 0 aliphatic rings. The van der Waals surface area contributed by atoms with E-state index in [0.717, 1.165) is 12.1 Å². The third-order valence-electron chi connectivity index (χ3n) is 1.09. The number of hydrogen-bond acceptors (Lipinski definition) is 2. The molecule has 0 aliphatic heterocycles. The third kappa shape index (κ3) is 2.10. The van der Waals surface area contributed by atoms with Crippen LogP contribution in [0.25, 0.3) is 0 Å². The molecular weight excluding hydrogens is 194 g/mol. The normalized spacial score (nSPS) is 11.7. The summed E-state index contributed by atoms with van der Waals surface area (Å²) in [6.45, 7) is 0. The number of pyridine rings is 1. The number of aromatic nitrogens is 1. The van der Waals surface area contributed by atoms with Crippen LogP contribution in [-0.4, -0.2) is 4.98 Å². The Kier molecular flexibility index (Phi) is 2.56. The highest BCUT2D eigenvalue weighted by Crippen LogP contribution is 2.29. The van der Waals surface area contributed by atoms with Crippen molar-refractivity contribution in [3.8, 4) is 0 Å². The van der Waals surface area contributed by atoms with E-state index in [-0.39, 0.29) is 17.2 Å². The fourth-order valence-electron chi connectivity index (χ4n) is 0.616. The lowest BCUT2D eigenvalue weighted by Crippen LogP contribution is -2.07. The summed E-state index contributed by atoms with van der Waals surface area (Å²) in [5, 5.41) is -0.287. The molecule has 0 spiro atoms. The molecule has 0 amide bonds. The quantitative estimate of drug-likeness (QED) is 0.641. The van der Waals surface area contributed by atoms with Crippen molar-refractivity contribution in [2.24, 2.45) is 0 Å². The summed E-state index contributed by atoms with van der Waals surface area (Å²) in [5.74, 6) is 0. The fourth-order valence-corrected chi connectivity index (χ4v) is 0.879. The van der Waals surface area contributed by atoms with E-state index in [1.807, 2.05) is 0 Å². The van der Waals surface area contributed by atoms with Gasteiger partial charge in [-0.15, -0.1) is 0 Å². The Morgan fingerprint density at radius 1 is 1.25 bits per heavy atom. The van der Waals surface area contributed by atoms with Crippen molar-refractivity contribution in [1.29, 1.82) is 0 Å². The number of nitrogens with zero attached hydrogens (tertiary/aromatic N) is 1. The Bertz CT molecular complexity index is 272. The minimum Gasteiger partial charge on any atom is -0.234 e. The van der Waals surface area contributed by atoms with Gasteiger partial charge in [0.05, 0.1) is 0 Å². The first-order chi connectivity index (χ1) is 5.54. The van der Waals surface area contributed by atoms with Crippen LogP contribution in [0, 0.1) is 0 Å². The second-order valence-electron chi connectivity index (χ2n) is 1.94. The number of halogens is 4. The average molecular weight is 197 g/mol. The zero-order valence-corrected chi connectivity index (χ0v) is 6.42. The van der Waals surface area contributed by atoms with Crippen molar-refractivity contribution in [3.63, 3.8) is 0 Å². The first-order valence-corrected chi connectivity index (χ1v) is 3.58. The molecule has 1 nitrogen and oxygen atoms in total. The molecule has 0 fully saturated rings. The maximum absolute atomic E-state index is 11.9. The van der Waals surface area contributed by atoms with Crippen molar-refractivity contribution in [1.82, 2.24) is 4.98 Å². The van der Waals surface area contributed by atoms with E-state index in [1.165, 1.54) is 6.07 Å². The lowest BCUT2D eigenvalue weighted by Gasteiger charge is -2.04. The SMILES string of the molecule is FSc1cccc(C(F)(F)F)n1. The van der Waals surface area contributed by atoms with Crippen molar-refractivity contribution in [2.45, 2.75) is 11.2 Å². The zero-order valence-electron chi connectivity index (χ0n) is 5.60. The monoisotopic (exact) mass is 197 g/mol. The molecule has 0 aliphatic carbocycles. The number of alkyl halides is 3. The Morgan fingerprint density at radius 3 is 2.42 bits per heavy atom. The molecular formula is C6H3F4NS. The molecule has 12 heavy (non-hydrogen) atoms. The van der Waals surface area contributed by atoms with E-state index >= 15 is 0 Å². The summed E-state index contributed by atoms with van der Waals surface area (Å²) in [6.07, 6.45) is -4.51. The van der Waals surface area contributed by atoms with E-state index in [4.69, 9.17) is 0 Å². The number of hydrogen-bond donors (Lipinski definition) is 0. The standard InChI is InChI=1S/C6H3F4NS/c7-6(8,9)4-2-1-3-5(11-4)12-10/h1-3H. The van der Waals surface area contributed by atoms with Crippen LogP contribution in [-0.2, 0) is 6.18 Å². The van der Waals surface area contributed by atoms with Crippen molar-refractivity contribution >= 4 is 12.1 Å². The van der Waals surface area contributed by atoms with E-state index < -0.39 is 11.9 Å². The highest BCUT2D eigenvalue weighted by molar-refractivity contribution is 7.94. The lowest BCUT2D eigenvalue weighted by atomic mass is 10.3. The highest BCUT2D eigenvalue weighted by atomic mass is 32.2. The molecule has 0 atom stereocenters. The van der Waals surface area contributed by atoms with Gasteiger partial charge in [0.2, 0.25) is 0 Å². The first-order valence-electron chi connectivity index (χ1n) is 2.87. The van der Waals surface area contributed by atoms with Gasteiger partial charge in [-0.3, -0.25) is 0 Å². The topological polar surface area (TPSA) is 12.9 Å². The summed E-state index contributed by atoms with van der Waals surface area (Å²) in [5.41, 5.74) is -1.08. The molecule has 0 aromatic carbocycles. The van der Waals surface area contributed by atoms with Crippen LogP contribution in [0.2, 0.25) is 0 Å². The van der Waals surface area contributed by atoms with Gasteiger partial charge < -0.3 is 0 Å². The van der Waals surface area contributed by atoms with Crippen LogP contribution >= 0.6 is 12.1 Å². The molecule has 0 saturated carbocycles. The maximum atomic E-state index is 11.9. The van der Waals surface area contributed by atoms with Crippen LogP contribution in [0.4, 0.5) is 17.1 Å². The van der Waals surface area contributed by atoms with E-state index in [2.05, 4.69) is 4.98 Å². The predicted octanol–water partition coefficient (Wildman–Crippen LogP) is 3.08. The van der Waals surface area contributed by atoms with Gasteiger partial charge >= 0.3 is 6.18 Å². The van der Waals surface area contributed by atoms with E-state index in [9.17, 15) is 17.1 Å². The van der Waals surface area contributed by atoms with Crippen LogP contribution in [0.1, 0.15) is 5.69 Å². The molecule has 0 bridgehead atoms. The minimum atomic E-state index is -4.51. The fraction of sp³-hybridized carbons (Fsp3) is 0.167. The molecule has 1 heterocycles. The summed E-state index contributed by atoms with van der Waals surface area (Å²) in [7, 11) is 0.